The fourth-order valence-electron chi connectivity index (χ4n) is 14.7. The van der Waals surface area contributed by atoms with E-state index >= 15 is 0 Å². The Morgan fingerprint density at radius 3 is 1.27 bits per heavy atom. The maximum Gasteiger partial charge on any atom is 0.306 e. The van der Waals surface area contributed by atoms with Gasteiger partial charge in [0.2, 0.25) is 0 Å². The number of allylic oxidation sites excluding steroid dienone is 2. The number of aliphatic hydroxyl groups excluding tert-OH is 1. The summed E-state index contributed by atoms with van der Waals surface area (Å²) in [6, 6.07) is 52.1. The van der Waals surface area contributed by atoms with E-state index in [1.807, 2.05) is 38.6 Å². The van der Waals surface area contributed by atoms with Crippen LogP contribution < -0.4 is 20.7 Å². The first kappa shape index (κ1) is 81.0. The largest absolute Gasteiger partial charge is 0.466 e. The zero-order chi connectivity index (χ0) is 73.2. The minimum absolute atomic E-state index is 0.0552. The van der Waals surface area contributed by atoms with Crippen molar-refractivity contribution in [3.8, 4) is 0 Å². The van der Waals surface area contributed by atoms with Crippen LogP contribution in [0.4, 0.5) is 0 Å². The number of esters is 2. The minimum Gasteiger partial charge on any atom is -0.466 e. The molecule has 2 aliphatic rings. The van der Waals surface area contributed by atoms with Crippen LogP contribution in [-0.2, 0) is 79.3 Å². The quantitative estimate of drug-likeness (QED) is 0.0173. The van der Waals surface area contributed by atoms with Crippen molar-refractivity contribution in [3.05, 3.63) is 239 Å². The Labute approximate surface area is 619 Å². The lowest BCUT2D eigenvalue weighted by molar-refractivity contribution is -0.144. The predicted molar refractivity (Wildman–Crippen MR) is 424 cm³/mol. The molecule has 4 aromatic carbocycles. The number of carbonyl (C=O) groups excluding carboxylic acids is 2. The summed E-state index contributed by atoms with van der Waals surface area (Å²) in [7, 11) is -5.14. The van der Waals surface area contributed by atoms with Crippen LogP contribution >= 0.6 is 0 Å². The van der Waals surface area contributed by atoms with E-state index in [1.54, 1.807) is 6.92 Å². The molecule has 103 heavy (non-hydrogen) atoms. The van der Waals surface area contributed by atoms with E-state index in [1.165, 1.54) is 93.2 Å². The summed E-state index contributed by atoms with van der Waals surface area (Å²) in [6.45, 7) is 21.5. The van der Waals surface area contributed by atoms with E-state index in [0.717, 1.165) is 126 Å². The molecule has 2 aliphatic carbocycles. The van der Waals surface area contributed by atoms with E-state index in [9.17, 15) is 9.59 Å². The standard InChI is InChI=1S/C43H57N3O3Si.C43H55N3O3Si.C2H6O/c2*1-5-48-42(47)31-35(20-10-6-7-11-21-37-29-28-34-19-16-17-26-40(34)46-37)36-32-44-41(45-33-36)27-18-30-49-50(43(2,3)4,38-22-12-8-13-23-38)39-24-14-9-15-25-39;1-2-3/h8-9,12-15,22-25,28-29,32-33,35H,5-7,10-11,16-21,26-27,30-31H2,1-4H3;8-10,12-15,20,22-25,28-29,32-33,35H,5-7,11,16-19,21,26-27,30-31H2,1-4H3;3H,2H2,1H3/b;20-10+;/t2*35-;/m00./s1. The first-order valence-corrected chi connectivity index (χ1v) is 42.5. The van der Waals surface area contributed by atoms with E-state index in [2.05, 4.69) is 199 Å². The Balaban J connectivity index is 0.000000252. The lowest BCUT2D eigenvalue weighted by Crippen LogP contribution is -2.66. The summed E-state index contributed by atoms with van der Waals surface area (Å²) in [5, 5.41) is 12.6. The number of rotatable bonds is 35. The maximum absolute atomic E-state index is 12.5. The second-order valence-electron chi connectivity index (χ2n) is 29.6. The van der Waals surface area contributed by atoms with Gasteiger partial charge in [0.15, 0.2) is 0 Å². The van der Waals surface area contributed by atoms with Crippen LogP contribution in [0.5, 0.6) is 0 Å². The summed E-state index contributed by atoms with van der Waals surface area (Å²) in [6.07, 6.45) is 36.0. The van der Waals surface area contributed by atoms with Gasteiger partial charge in [0.1, 0.15) is 11.6 Å². The third-order valence-electron chi connectivity index (χ3n) is 19.9. The summed E-state index contributed by atoms with van der Waals surface area (Å²) < 4.78 is 24.8. The maximum atomic E-state index is 12.5. The number of hydrogen-bond donors (Lipinski definition) is 1. The Morgan fingerprint density at radius 2 is 0.854 bits per heavy atom. The highest BCUT2D eigenvalue weighted by Crippen LogP contribution is 2.39. The second-order valence-corrected chi connectivity index (χ2v) is 38.2. The molecule has 4 heterocycles. The molecule has 550 valence electrons. The third-order valence-corrected chi connectivity index (χ3v) is 30.0. The van der Waals surface area contributed by atoms with Crippen molar-refractivity contribution in [1.29, 1.82) is 0 Å². The molecule has 0 bridgehead atoms. The van der Waals surface area contributed by atoms with Crippen LogP contribution in [0.25, 0.3) is 0 Å². The van der Waals surface area contributed by atoms with E-state index in [-0.39, 0.29) is 46.9 Å². The Kier molecular flexibility index (Phi) is 33.3. The van der Waals surface area contributed by atoms with Crippen molar-refractivity contribution in [2.45, 2.75) is 238 Å². The summed E-state index contributed by atoms with van der Waals surface area (Å²) in [4.78, 5) is 53.9. The molecule has 4 aromatic heterocycles. The fourth-order valence-corrected chi connectivity index (χ4v) is 24.0. The van der Waals surface area contributed by atoms with Crippen molar-refractivity contribution in [2.75, 3.05) is 33.0 Å². The average Bonchev–Trinajstić information content (AvgIpc) is 0.754. The Morgan fingerprint density at radius 1 is 0.466 bits per heavy atom. The Hall–Kier alpha value is -7.67. The number of benzene rings is 4. The average molecular weight is 1430 g/mol. The number of pyridine rings is 2. The van der Waals surface area contributed by atoms with Gasteiger partial charge >= 0.3 is 11.9 Å². The van der Waals surface area contributed by atoms with Gasteiger partial charge in [0.25, 0.3) is 16.6 Å². The number of carbonyl (C=O) groups is 2. The van der Waals surface area contributed by atoms with Crippen LogP contribution in [0.15, 0.2) is 183 Å². The molecule has 10 rings (SSSR count). The number of unbranched alkanes of at least 4 members (excludes halogenated alkanes) is 5. The van der Waals surface area contributed by atoms with Gasteiger partial charge in [-0.1, -0.05) is 206 Å². The van der Waals surface area contributed by atoms with Gasteiger partial charge in [-0.2, -0.15) is 0 Å². The van der Waals surface area contributed by atoms with Gasteiger partial charge in [-0.25, -0.2) is 19.9 Å². The molecule has 0 radical (unpaired) electrons. The van der Waals surface area contributed by atoms with Crippen molar-refractivity contribution in [1.82, 2.24) is 29.9 Å². The monoisotopic (exact) mass is 1430 g/mol. The molecular weight excluding hydrogens is 1310 g/mol. The van der Waals surface area contributed by atoms with E-state index < -0.39 is 16.6 Å². The number of aliphatic hydroxyl groups is 1. The topological polar surface area (TPSA) is 169 Å². The minimum atomic E-state index is -2.57. The van der Waals surface area contributed by atoms with Crippen molar-refractivity contribution >= 4 is 49.3 Å². The number of aryl methyl sites for hydroxylation is 8. The van der Waals surface area contributed by atoms with Gasteiger partial charge < -0.3 is 23.4 Å². The van der Waals surface area contributed by atoms with Crippen molar-refractivity contribution in [2.24, 2.45) is 0 Å². The molecule has 0 amide bonds. The zero-order valence-corrected chi connectivity index (χ0v) is 65.6. The fraction of sp³-hybridized carbons (Fsp3) is 0.477. The predicted octanol–water partition coefficient (Wildman–Crippen LogP) is 16.8. The summed E-state index contributed by atoms with van der Waals surface area (Å²) >= 11 is 0. The first-order valence-electron chi connectivity index (χ1n) is 38.7. The molecular formula is C88H118N6O7Si2. The van der Waals surface area contributed by atoms with Crippen molar-refractivity contribution < 1.29 is 33.0 Å². The molecule has 15 heteroatoms. The van der Waals surface area contributed by atoms with Crippen molar-refractivity contribution in [3.63, 3.8) is 0 Å². The summed E-state index contributed by atoms with van der Waals surface area (Å²) in [5.74, 6) is 1.18. The number of fused-ring (bicyclic) bond motifs is 2. The molecule has 0 saturated heterocycles. The number of nitrogens with zero attached hydrogens (tertiary/aromatic N) is 6. The second kappa shape index (κ2) is 42.3. The van der Waals surface area contributed by atoms with Gasteiger partial charge in [0.05, 0.1) is 26.1 Å². The highest BCUT2D eigenvalue weighted by Gasteiger charge is 2.51. The first-order chi connectivity index (χ1) is 50.0. The van der Waals surface area contributed by atoms with Gasteiger partial charge in [0, 0.05) is 86.1 Å². The SMILES string of the molecule is CCO.CCOC(=O)C[C@H](/C=C/CCCCc1ccc2c(n1)CCCC2)c1cnc(CCCO[Si](c2ccccc2)(c2ccccc2)C(C)(C)C)nc1.CCOC(=O)C[C@H](CCCCCCc1ccc2c(n1)CCCC2)c1cnc(CCCO[Si](c2ccccc2)(c2ccccc2)C(C)(C)C)nc1. The van der Waals surface area contributed by atoms with Gasteiger partial charge in [-0.15, -0.1) is 0 Å². The number of aromatic nitrogens is 6. The third kappa shape index (κ3) is 24.2. The molecule has 8 aromatic rings. The highest BCUT2D eigenvalue weighted by molar-refractivity contribution is 7.00. The number of ether oxygens (including phenoxy) is 2. The van der Waals surface area contributed by atoms with Crippen LogP contribution in [0, 0.1) is 0 Å². The highest BCUT2D eigenvalue weighted by atomic mass is 28.4. The van der Waals surface area contributed by atoms with Crippen LogP contribution in [-0.4, -0.2) is 96.6 Å². The lowest BCUT2D eigenvalue weighted by Gasteiger charge is -2.43. The summed E-state index contributed by atoms with van der Waals surface area (Å²) in [5.41, 5.74) is 9.92. The molecule has 0 aliphatic heterocycles. The molecule has 13 nitrogen and oxygen atoms in total. The molecule has 0 unspecified atom stereocenters. The smallest absolute Gasteiger partial charge is 0.306 e. The lowest BCUT2D eigenvalue weighted by atomic mass is 9.91. The molecule has 0 spiro atoms. The molecule has 1 N–H and O–H groups in total. The normalized spacial score (nSPS) is 13.7. The van der Waals surface area contributed by atoms with Crippen LogP contribution in [0.1, 0.15) is 234 Å². The van der Waals surface area contributed by atoms with E-state index in [4.69, 9.17) is 53.3 Å². The Bertz CT molecular complexity index is 3700. The zero-order valence-electron chi connectivity index (χ0n) is 63.6. The molecule has 0 saturated carbocycles. The van der Waals surface area contributed by atoms with Crippen LogP contribution in [0.2, 0.25) is 10.1 Å². The molecule has 2 atom stereocenters. The van der Waals surface area contributed by atoms with E-state index in [0.29, 0.717) is 32.8 Å². The van der Waals surface area contributed by atoms with Gasteiger partial charge in [-0.05, 0) is 201 Å². The number of hydrogen-bond acceptors (Lipinski definition) is 13. The van der Waals surface area contributed by atoms with Crippen LogP contribution in [0.3, 0.4) is 0 Å². The van der Waals surface area contributed by atoms with Gasteiger partial charge in [-0.3, -0.25) is 19.6 Å². The molecule has 0 fully saturated rings.